The topological polar surface area (TPSA) is 53.2 Å². The Balaban J connectivity index is 1.71. The quantitative estimate of drug-likeness (QED) is 0.534. The first kappa shape index (κ1) is 18.2. The Bertz CT molecular complexity index is 1290. The number of para-hydroxylation sites is 1. The van der Waals surface area contributed by atoms with Gasteiger partial charge in [-0.15, -0.1) is 0 Å². The van der Waals surface area contributed by atoms with Crippen molar-refractivity contribution < 1.29 is 8.42 Å². The van der Waals surface area contributed by atoms with Crippen LogP contribution in [-0.4, -0.2) is 24.3 Å². The Morgan fingerprint density at radius 1 is 0.897 bits per heavy atom. The van der Waals surface area contributed by atoms with Gasteiger partial charge in [0.25, 0.3) is 0 Å². The van der Waals surface area contributed by atoms with Gasteiger partial charge in [0.15, 0.2) is 0 Å². The maximum atomic E-state index is 13.7. The maximum Gasteiger partial charge on any atom is 0.243 e. The number of H-pyrrole nitrogens is 1. The normalized spacial score (nSPS) is 17.3. The first-order valence-electron chi connectivity index (χ1n) is 9.78. The summed E-state index contributed by atoms with van der Waals surface area (Å²) in [7, 11) is -3.65. The van der Waals surface area contributed by atoms with Crippen molar-refractivity contribution in [3.8, 4) is 0 Å². The molecule has 29 heavy (non-hydrogen) atoms. The van der Waals surface area contributed by atoms with Gasteiger partial charge in [0.2, 0.25) is 10.0 Å². The van der Waals surface area contributed by atoms with Crippen LogP contribution in [0, 0.1) is 6.92 Å². The predicted octanol–water partition coefficient (Wildman–Crippen LogP) is 4.81. The Kier molecular flexibility index (Phi) is 4.30. The second kappa shape index (κ2) is 6.87. The fraction of sp³-hybridized carbons (Fsp3) is 0.167. The third-order valence-corrected chi connectivity index (χ3v) is 7.66. The number of benzene rings is 3. The molecule has 1 unspecified atom stereocenters. The summed E-state index contributed by atoms with van der Waals surface area (Å²) in [6, 6.07) is 23.0. The number of aromatic nitrogens is 1. The van der Waals surface area contributed by atoms with Crippen LogP contribution in [0.15, 0.2) is 83.9 Å². The number of nitrogens with zero attached hydrogens (tertiary/aromatic N) is 1. The molecule has 1 atom stereocenters. The molecular weight excluding hydrogens is 380 g/mol. The van der Waals surface area contributed by atoms with E-state index in [0.29, 0.717) is 17.9 Å². The van der Waals surface area contributed by atoms with Gasteiger partial charge in [0.05, 0.1) is 10.9 Å². The van der Waals surface area contributed by atoms with Gasteiger partial charge in [-0.2, -0.15) is 4.31 Å². The molecule has 5 heteroatoms. The summed E-state index contributed by atoms with van der Waals surface area (Å²) >= 11 is 0. The molecule has 1 aromatic heterocycles. The molecule has 0 fully saturated rings. The molecule has 0 spiro atoms. The second-order valence-corrected chi connectivity index (χ2v) is 9.46. The van der Waals surface area contributed by atoms with Crippen LogP contribution >= 0.6 is 0 Å². The van der Waals surface area contributed by atoms with Gasteiger partial charge in [-0.25, -0.2) is 8.42 Å². The lowest BCUT2D eigenvalue weighted by atomic mass is 9.90. The molecule has 1 aliphatic heterocycles. The predicted molar refractivity (Wildman–Crippen MR) is 115 cm³/mol. The summed E-state index contributed by atoms with van der Waals surface area (Å²) in [5.41, 5.74) is 5.31. The van der Waals surface area contributed by atoms with Crippen molar-refractivity contribution in [2.45, 2.75) is 24.3 Å². The van der Waals surface area contributed by atoms with Crippen molar-refractivity contribution in [1.82, 2.24) is 9.29 Å². The number of aryl methyl sites for hydroxylation is 1. The van der Waals surface area contributed by atoms with Crippen molar-refractivity contribution in [2.24, 2.45) is 0 Å². The van der Waals surface area contributed by atoms with E-state index in [9.17, 15) is 8.42 Å². The van der Waals surface area contributed by atoms with E-state index in [-0.39, 0.29) is 6.04 Å². The fourth-order valence-corrected chi connectivity index (χ4v) is 5.88. The minimum absolute atomic E-state index is 0.340. The average molecular weight is 403 g/mol. The number of fused-ring (bicyclic) bond motifs is 2. The number of hydrogen-bond acceptors (Lipinski definition) is 2. The van der Waals surface area contributed by atoms with Gasteiger partial charge in [-0.05, 0) is 42.7 Å². The standard InChI is InChI=1S/C24H22N2O2S/c1-17-10-12-19(13-11-17)29(27,28)26-15-14-18-6-2-3-7-20(18)24(26)22-16-25-23-9-5-4-8-21(22)23/h2-13,16,24-25H,14-15H2,1H3. The van der Waals surface area contributed by atoms with E-state index in [1.54, 1.807) is 16.4 Å². The molecule has 4 nitrogen and oxygen atoms in total. The molecule has 1 aliphatic rings. The smallest absolute Gasteiger partial charge is 0.243 e. The summed E-state index contributed by atoms with van der Waals surface area (Å²) in [4.78, 5) is 3.65. The van der Waals surface area contributed by atoms with Crippen LogP contribution in [0.5, 0.6) is 0 Å². The van der Waals surface area contributed by atoms with Crippen molar-refractivity contribution in [3.05, 3.63) is 101 Å². The Morgan fingerprint density at radius 2 is 1.62 bits per heavy atom. The monoisotopic (exact) mass is 402 g/mol. The van der Waals surface area contributed by atoms with Gasteiger partial charge < -0.3 is 4.98 Å². The van der Waals surface area contributed by atoms with Crippen LogP contribution in [0.4, 0.5) is 0 Å². The highest BCUT2D eigenvalue weighted by molar-refractivity contribution is 7.89. The third kappa shape index (κ3) is 2.98. The molecule has 0 radical (unpaired) electrons. The molecule has 0 bridgehead atoms. The van der Waals surface area contributed by atoms with E-state index in [2.05, 4.69) is 23.2 Å². The lowest BCUT2D eigenvalue weighted by molar-refractivity contribution is 0.345. The Hall–Kier alpha value is -2.89. The van der Waals surface area contributed by atoms with Crippen LogP contribution in [0.1, 0.15) is 28.3 Å². The van der Waals surface area contributed by atoms with Gasteiger partial charge in [0.1, 0.15) is 0 Å². The molecular formula is C24H22N2O2S. The van der Waals surface area contributed by atoms with Crippen LogP contribution < -0.4 is 0 Å². The lowest BCUT2D eigenvalue weighted by Gasteiger charge is -2.36. The van der Waals surface area contributed by atoms with Crippen LogP contribution in [0.2, 0.25) is 0 Å². The molecule has 0 amide bonds. The number of nitrogens with one attached hydrogen (secondary N) is 1. The van der Waals surface area contributed by atoms with Gasteiger partial charge in [-0.3, -0.25) is 0 Å². The minimum Gasteiger partial charge on any atom is -0.361 e. The largest absolute Gasteiger partial charge is 0.361 e. The number of aromatic amines is 1. The number of hydrogen-bond donors (Lipinski definition) is 1. The summed E-state index contributed by atoms with van der Waals surface area (Å²) in [5.74, 6) is 0. The molecule has 0 saturated carbocycles. The molecule has 0 aliphatic carbocycles. The Morgan fingerprint density at radius 3 is 2.45 bits per heavy atom. The summed E-state index contributed by atoms with van der Waals surface area (Å²) in [6.45, 7) is 2.42. The lowest BCUT2D eigenvalue weighted by Crippen LogP contribution is -2.40. The zero-order valence-electron chi connectivity index (χ0n) is 16.2. The zero-order valence-corrected chi connectivity index (χ0v) is 17.0. The Labute approximate surface area is 170 Å². The van der Waals surface area contributed by atoms with E-state index in [1.807, 2.05) is 55.6 Å². The van der Waals surface area contributed by atoms with E-state index >= 15 is 0 Å². The van der Waals surface area contributed by atoms with E-state index in [0.717, 1.165) is 27.6 Å². The second-order valence-electron chi connectivity index (χ2n) is 7.57. The van der Waals surface area contributed by atoms with Gasteiger partial charge >= 0.3 is 0 Å². The summed E-state index contributed by atoms with van der Waals surface area (Å²) < 4.78 is 29.0. The van der Waals surface area contributed by atoms with E-state index < -0.39 is 10.0 Å². The third-order valence-electron chi connectivity index (χ3n) is 5.78. The highest BCUT2D eigenvalue weighted by Crippen LogP contribution is 2.41. The fourth-order valence-electron chi connectivity index (χ4n) is 4.29. The molecule has 0 saturated heterocycles. The van der Waals surface area contributed by atoms with E-state index in [4.69, 9.17) is 0 Å². The van der Waals surface area contributed by atoms with Crippen LogP contribution in [0.25, 0.3) is 10.9 Å². The maximum absolute atomic E-state index is 13.7. The van der Waals surface area contributed by atoms with Crippen LogP contribution in [0.3, 0.4) is 0 Å². The molecule has 3 aromatic carbocycles. The minimum atomic E-state index is -3.65. The zero-order chi connectivity index (χ0) is 20.0. The van der Waals surface area contributed by atoms with Crippen molar-refractivity contribution in [1.29, 1.82) is 0 Å². The SMILES string of the molecule is Cc1ccc(S(=O)(=O)N2CCc3ccccc3C2c2c[nH]c3ccccc23)cc1. The van der Waals surface area contributed by atoms with E-state index in [1.165, 1.54) is 5.56 Å². The van der Waals surface area contributed by atoms with Crippen molar-refractivity contribution in [3.63, 3.8) is 0 Å². The first-order chi connectivity index (χ1) is 14.1. The summed E-state index contributed by atoms with van der Waals surface area (Å²) in [6.07, 6.45) is 2.66. The average Bonchev–Trinajstić information content (AvgIpc) is 3.17. The molecule has 4 aromatic rings. The molecule has 146 valence electrons. The van der Waals surface area contributed by atoms with Crippen molar-refractivity contribution >= 4 is 20.9 Å². The highest BCUT2D eigenvalue weighted by atomic mass is 32.2. The first-order valence-corrected chi connectivity index (χ1v) is 11.2. The number of sulfonamides is 1. The number of rotatable bonds is 3. The van der Waals surface area contributed by atoms with Gasteiger partial charge in [-0.1, -0.05) is 60.2 Å². The van der Waals surface area contributed by atoms with Gasteiger partial charge in [0, 0.05) is 29.2 Å². The molecule has 5 rings (SSSR count). The molecule has 2 heterocycles. The highest BCUT2D eigenvalue weighted by Gasteiger charge is 2.38. The van der Waals surface area contributed by atoms with Crippen LogP contribution in [-0.2, 0) is 16.4 Å². The van der Waals surface area contributed by atoms with Crippen molar-refractivity contribution in [2.75, 3.05) is 6.54 Å². The summed E-state index contributed by atoms with van der Waals surface area (Å²) in [5, 5.41) is 1.05. The molecule has 1 N–H and O–H groups in total.